The lowest BCUT2D eigenvalue weighted by atomic mass is 9.99. The first-order chi connectivity index (χ1) is 19.8. The molecule has 11 nitrogen and oxygen atoms in total. The van der Waals surface area contributed by atoms with Crippen LogP contribution in [0.25, 0.3) is 11.5 Å². The van der Waals surface area contributed by atoms with Gasteiger partial charge in [0.2, 0.25) is 0 Å². The van der Waals surface area contributed by atoms with Crippen molar-refractivity contribution < 1.29 is 12.0 Å². The third-order valence-electron chi connectivity index (χ3n) is 7.54. The number of hydrogen-bond donors (Lipinski definition) is 3. The monoisotopic (exact) mass is 561 g/mol. The van der Waals surface area contributed by atoms with E-state index in [-0.39, 0.29) is 31.3 Å². The summed E-state index contributed by atoms with van der Waals surface area (Å²) in [6, 6.07) is 7.17. The summed E-state index contributed by atoms with van der Waals surface area (Å²) in [6.45, 7) is 3.30. The Labute approximate surface area is 238 Å². The second-order valence-corrected chi connectivity index (χ2v) is 10.6. The Hall–Kier alpha value is -4.58. The average molecular weight is 562 g/mol. The average Bonchev–Trinajstić information content (AvgIpc) is 3.68. The number of nitrogens with two attached hydrogens (primary N) is 1. The molecular weight excluding hydrogens is 525 g/mol. The molecule has 0 unspecified atom stereocenters. The van der Waals surface area contributed by atoms with Crippen LogP contribution < -0.4 is 26.8 Å². The van der Waals surface area contributed by atoms with Crippen molar-refractivity contribution in [3.63, 3.8) is 0 Å². The number of rotatable bonds is 7. The highest BCUT2D eigenvalue weighted by atomic mass is 19.1. The lowest BCUT2D eigenvalue weighted by Crippen LogP contribution is -2.43. The maximum atomic E-state index is 15.6. The number of piperidine rings is 1. The predicted molar refractivity (Wildman–Crippen MR) is 161 cm³/mol. The van der Waals surface area contributed by atoms with E-state index < -0.39 is 11.7 Å². The molecule has 0 atom stereocenters. The summed E-state index contributed by atoms with van der Waals surface area (Å²) < 4.78 is 18.6. The first-order valence-electron chi connectivity index (χ1n) is 13.7. The van der Waals surface area contributed by atoms with Crippen molar-refractivity contribution in [2.45, 2.75) is 44.7 Å². The van der Waals surface area contributed by atoms with Crippen LogP contribution in [0.1, 0.15) is 50.2 Å². The van der Waals surface area contributed by atoms with E-state index in [9.17, 15) is 9.59 Å². The lowest BCUT2D eigenvalue weighted by molar-refractivity contribution is 0.102. The molecule has 0 radical (unpaired) electrons. The molecule has 4 heterocycles. The maximum absolute atomic E-state index is 15.6. The topological polar surface area (TPSA) is 135 Å². The molecular formula is C29H36FN9O2. The molecule has 1 aromatic carbocycles. The Morgan fingerprint density at radius 3 is 2.63 bits per heavy atom. The van der Waals surface area contributed by atoms with Crippen molar-refractivity contribution in [2.75, 3.05) is 36.1 Å². The van der Waals surface area contributed by atoms with Crippen LogP contribution in [-0.2, 0) is 0 Å². The van der Waals surface area contributed by atoms with Crippen LogP contribution in [0.3, 0.4) is 0 Å². The Morgan fingerprint density at radius 2 is 1.93 bits per heavy atom. The molecule has 4 aromatic rings. The van der Waals surface area contributed by atoms with E-state index in [1.165, 1.54) is 29.5 Å². The second kappa shape index (κ2) is 10.8. The van der Waals surface area contributed by atoms with E-state index in [2.05, 4.69) is 30.5 Å². The van der Waals surface area contributed by atoms with Gasteiger partial charge in [0.15, 0.2) is 17.3 Å². The number of halogens is 1. The SMILES string of the molecule is CN=Cc1c(N2CCC(NC3CC3)CC2)cc(F)c(C(=O)Nc2cn3cc(C)nc3c(-n3ccccc3=O)n2)c1N.[HH].[HH]. The molecule has 1 amide bonds. The summed E-state index contributed by atoms with van der Waals surface area (Å²) in [4.78, 5) is 41.2. The number of nitrogens with zero attached hydrogens (tertiary/aromatic N) is 6. The van der Waals surface area contributed by atoms with Crippen molar-refractivity contribution in [1.29, 1.82) is 0 Å². The summed E-state index contributed by atoms with van der Waals surface area (Å²) in [5, 5.41) is 6.34. The van der Waals surface area contributed by atoms with Gasteiger partial charge in [0.25, 0.3) is 11.5 Å². The highest BCUT2D eigenvalue weighted by Gasteiger charge is 2.29. The normalized spacial score (nSPS) is 16.1. The number of benzene rings is 1. The summed E-state index contributed by atoms with van der Waals surface area (Å²) in [5.74, 6) is -1.17. The molecule has 1 aliphatic carbocycles. The van der Waals surface area contributed by atoms with Crippen molar-refractivity contribution in [1.82, 2.24) is 24.3 Å². The number of aryl methyl sites for hydroxylation is 1. The van der Waals surface area contributed by atoms with Gasteiger partial charge in [0, 0.05) is 65.3 Å². The van der Waals surface area contributed by atoms with E-state index in [0.717, 1.165) is 25.9 Å². The number of imidazole rings is 1. The van der Waals surface area contributed by atoms with Gasteiger partial charge in [-0.15, -0.1) is 0 Å². The number of nitrogen functional groups attached to an aromatic ring is 1. The number of hydrogen-bond acceptors (Lipinski definition) is 8. The van der Waals surface area contributed by atoms with Gasteiger partial charge in [-0.1, -0.05) is 6.07 Å². The largest absolute Gasteiger partial charge is 0.397 e. The zero-order valence-electron chi connectivity index (χ0n) is 23.0. The highest BCUT2D eigenvalue weighted by molar-refractivity contribution is 6.11. The number of carbonyl (C=O) groups is 1. The fourth-order valence-electron chi connectivity index (χ4n) is 5.41. The quantitative estimate of drug-likeness (QED) is 0.232. The Balaban J connectivity index is 0.00000212. The fraction of sp³-hybridized carbons (Fsp3) is 0.345. The number of fused-ring (bicyclic) bond motifs is 1. The number of amides is 1. The molecule has 4 N–H and O–H groups in total. The van der Waals surface area contributed by atoms with Crippen LogP contribution in [0, 0.1) is 12.7 Å². The van der Waals surface area contributed by atoms with Crippen LogP contribution >= 0.6 is 0 Å². The maximum Gasteiger partial charge on any atom is 0.261 e. The van der Waals surface area contributed by atoms with E-state index >= 15 is 4.39 Å². The van der Waals surface area contributed by atoms with E-state index in [0.29, 0.717) is 34.7 Å². The van der Waals surface area contributed by atoms with Crippen LogP contribution in [0.2, 0.25) is 0 Å². The Bertz CT molecular complexity index is 1730. The minimum Gasteiger partial charge on any atom is -0.397 e. The lowest BCUT2D eigenvalue weighted by Gasteiger charge is -2.35. The minimum atomic E-state index is -0.764. The molecule has 0 bridgehead atoms. The smallest absolute Gasteiger partial charge is 0.261 e. The number of nitrogens with one attached hydrogen (secondary N) is 2. The van der Waals surface area contributed by atoms with Crippen molar-refractivity contribution in [3.05, 3.63) is 75.8 Å². The van der Waals surface area contributed by atoms with Gasteiger partial charge in [0.1, 0.15) is 5.82 Å². The summed E-state index contributed by atoms with van der Waals surface area (Å²) in [7, 11) is 1.61. The summed E-state index contributed by atoms with van der Waals surface area (Å²) in [5.41, 5.74) is 8.09. The number of pyridine rings is 1. The third kappa shape index (κ3) is 5.30. The van der Waals surface area contributed by atoms with Gasteiger partial charge < -0.3 is 21.3 Å². The number of carbonyl (C=O) groups excluding carboxylic acids is 1. The standard InChI is InChI=1S/C29H32FN9O2.2H2/c1-17-15-38-16-23(35-28(27(38)33-17)39-10-4-3-5-24(39)40)36-29(41)25-21(30)13-22(20(14-32-2)26(25)31)37-11-8-19(9-12-37)34-18-6-7-18;;/h3-5,10,13-16,18-19,34H,6-9,11-12,31H2,1-2H3,(H,36,41);2*1H. The molecule has 12 heteroatoms. The molecule has 0 spiro atoms. The Kier molecular flexibility index (Phi) is 7.00. The van der Waals surface area contributed by atoms with E-state index in [4.69, 9.17) is 5.73 Å². The van der Waals surface area contributed by atoms with Gasteiger partial charge >= 0.3 is 0 Å². The van der Waals surface area contributed by atoms with Crippen LogP contribution in [0.15, 0.2) is 52.6 Å². The predicted octanol–water partition coefficient (Wildman–Crippen LogP) is 3.42. The van der Waals surface area contributed by atoms with Crippen LogP contribution in [-0.4, -0.2) is 63.3 Å². The first-order valence-corrected chi connectivity index (χ1v) is 13.7. The van der Waals surface area contributed by atoms with Crippen LogP contribution in [0.4, 0.5) is 21.6 Å². The van der Waals surface area contributed by atoms with Crippen molar-refractivity contribution >= 4 is 35.0 Å². The van der Waals surface area contributed by atoms with E-state index in [1.807, 2.05) is 6.92 Å². The molecule has 1 aliphatic heterocycles. The molecule has 2 aliphatic rings. The fourth-order valence-corrected chi connectivity index (χ4v) is 5.41. The number of aliphatic imine (C=N–C) groups is 1. The van der Waals surface area contributed by atoms with Crippen molar-refractivity contribution in [3.8, 4) is 5.82 Å². The van der Waals surface area contributed by atoms with Gasteiger partial charge in [-0.3, -0.25) is 23.5 Å². The third-order valence-corrected chi connectivity index (χ3v) is 7.54. The molecule has 1 saturated heterocycles. The van der Waals surface area contributed by atoms with E-state index in [1.54, 1.807) is 48.4 Å². The molecule has 216 valence electrons. The summed E-state index contributed by atoms with van der Waals surface area (Å²) >= 11 is 0. The first kappa shape index (κ1) is 26.6. The highest BCUT2D eigenvalue weighted by Crippen LogP contribution is 2.33. The van der Waals surface area contributed by atoms with Gasteiger partial charge in [0.05, 0.1) is 28.8 Å². The molecule has 41 heavy (non-hydrogen) atoms. The van der Waals surface area contributed by atoms with Crippen molar-refractivity contribution in [2.24, 2.45) is 4.99 Å². The van der Waals surface area contributed by atoms with Gasteiger partial charge in [-0.25, -0.2) is 14.4 Å². The molecule has 6 rings (SSSR count). The Morgan fingerprint density at radius 1 is 1.17 bits per heavy atom. The molecule has 3 aromatic heterocycles. The zero-order valence-corrected chi connectivity index (χ0v) is 23.0. The molecule has 2 fully saturated rings. The minimum absolute atomic E-state index is 0. The second-order valence-electron chi connectivity index (χ2n) is 10.6. The summed E-state index contributed by atoms with van der Waals surface area (Å²) in [6.07, 6.45) is 10.8. The zero-order chi connectivity index (χ0) is 28.7. The number of anilines is 3. The van der Waals surface area contributed by atoms with Gasteiger partial charge in [-0.05, 0) is 44.7 Å². The van der Waals surface area contributed by atoms with Crippen LogP contribution in [0.5, 0.6) is 0 Å². The number of aromatic nitrogens is 4. The van der Waals surface area contributed by atoms with Gasteiger partial charge in [-0.2, -0.15) is 0 Å². The molecule has 1 saturated carbocycles.